The normalized spacial score (nSPS) is 9.67. The van der Waals surface area contributed by atoms with E-state index in [0.717, 1.165) is 0 Å². The summed E-state index contributed by atoms with van der Waals surface area (Å²) in [7, 11) is 0. The van der Waals surface area contributed by atoms with Crippen LogP contribution in [0.2, 0.25) is 0 Å². The highest BCUT2D eigenvalue weighted by Gasteiger charge is 1.98. The first-order valence-electron chi connectivity index (χ1n) is 3.43. The molecular weight excluding hydrogens is 152 g/mol. The molecule has 0 fully saturated rings. The van der Waals surface area contributed by atoms with Crippen LogP contribution in [0.4, 0.5) is 0 Å². The van der Waals surface area contributed by atoms with Crippen LogP contribution >= 0.6 is 0 Å². The molecular formula is C8H5N4. The minimum absolute atomic E-state index is 0.594. The van der Waals surface area contributed by atoms with Crippen molar-refractivity contribution in [2.24, 2.45) is 0 Å². The van der Waals surface area contributed by atoms with Gasteiger partial charge >= 0.3 is 0 Å². The average molecular weight is 157 g/mol. The summed E-state index contributed by atoms with van der Waals surface area (Å²) in [5.41, 5.74) is 0.686. The monoisotopic (exact) mass is 157 g/mol. The third-order valence-electron chi connectivity index (χ3n) is 1.33. The molecule has 4 heteroatoms. The van der Waals surface area contributed by atoms with E-state index in [1.807, 2.05) is 0 Å². The second-order valence-electron chi connectivity index (χ2n) is 2.11. The van der Waals surface area contributed by atoms with Crippen molar-refractivity contribution in [3.63, 3.8) is 0 Å². The highest BCUT2D eigenvalue weighted by molar-refractivity contribution is 5.46. The molecule has 0 aliphatic carbocycles. The number of aromatic nitrogens is 4. The Bertz CT molecular complexity index is 308. The predicted octanol–water partition coefficient (Wildman–Crippen LogP) is 0.734. The minimum Gasteiger partial charge on any atom is -0.235 e. The molecule has 0 aliphatic heterocycles. The summed E-state index contributed by atoms with van der Waals surface area (Å²) in [6, 6.07) is 3.50. The van der Waals surface area contributed by atoms with E-state index >= 15 is 0 Å². The van der Waals surface area contributed by atoms with Crippen molar-refractivity contribution in [1.29, 1.82) is 0 Å². The van der Waals surface area contributed by atoms with Gasteiger partial charge in [-0.15, -0.1) is 0 Å². The van der Waals surface area contributed by atoms with Crippen molar-refractivity contribution in [3.8, 4) is 11.5 Å². The molecule has 0 unspecified atom stereocenters. The molecule has 2 aromatic rings. The van der Waals surface area contributed by atoms with Crippen LogP contribution in [0.1, 0.15) is 0 Å². The van der Waals surface area contributed by atoms with Crippen molar-refractivity contribution in [2.45, 2.75) is 0 Å². The molecule has 57 valence electrons. The molecule has 2 heterocycles. The zero-order valence-electron chi connectivity index (χ0n) is 6.18. The molecule has 4 nitrogen and oxygen atoms in total. The highest BCUT2D eigenvalue weighted by atomic mass is 14.9. The Morgan fingerprint density at radius 2 is 1.92 bits per heavy atom. The maximum atomic E-state index is 4.03. The highest BCUT2D eigenvalue weighted by Crippen LogP contribution is 2.06. The molecule has 0 saturated heterocycles. The van der Waals surface area contributed by atoms with Crippen molar-refractivity contribution >= 4 is 0 Å². The first kappa shape index (κ1) is 6.84. The van der Waals surface area contributed by atoms with Crippen LogP contribution < -0.4 is 0 Å². The van der Waals surface area contributed by atoms with E-state index in [1.165, 1.54) is 0 Å². The van der Waals surface area contributed by atoms with E-state index in [4.69, 9.17) is 0 Å². The lowest BCUT2D eigenvalue weighted by Crippen LogP contribution is -1.89. The lowest BCUT2D eigenvalue weighted by atomic mass is 10.4. The summed E-state index contributed by atoms with van der Waals surface area (Å²) in [4.78, 5) is 15.6. The summed E-state index contributed by atoms with van der Waals surface area (Å²) in [5, 5.41) is 0. The summed E-state index contributed by atoms with van der Waals surface area (Å²) >= 11 is 0. The molecule has 0 saturated carbocycles. The average Bonchev–Trinajstić information content (AvgIpc) is 2.21. The van der Waals surface area contributed by atoms with Crippen molar-refractivity contribution in [2.75, 3.05) is 0 Å². The zero-order valence-corrected chi connectivity index (χ0v) is 6.18. The van der Waals surface area contributed by atoms with E-state index in [2.05, 4.69) is 26.3 Å². The summed E-state index contributed by atoms with van der Waals surface area (Å²) < 4.78 is 0. The Balaban J connectivity index is 2.46. The Morgan fingerprint density at radius 1 is 1.08 bits per heavy atom. The van der Waals surface area contributed by atoms with Crippen molar-refractivity contribution < 1.29 is 0 Å². The Hall–Kier alpha value is -1.84. The Kier molecular flexibility index (Phi) is 1.74. The van der Waals surface area contributed by atoms with Crippen LogP contribution in [0, 0.1) is 6.33 Å². The first-order chi connectivity index (χ1) is 5.97. The van der Waals surface area contributed by atoms with Gasteiger partial charge in [0.05, 0.1) is 0 Å². The van der Waals surface area contributed by atoms with Gasteiger partial charge in [0.2, 0.25) is 0 Å². The van der Waals surface area contributed by atoms with Crippen LogP contribution in [0.15, 0.2) is 30.7 Å². The van der Waals surface area contributed by atoms with Gasteiger partial charge in [-0.3, -0.25) is 0 Å². The topological polar surface area (TPSA) is 51.6 Å². The third-order valence-corrected chi connectivity index (χ3v) is 1.33. The smallest absolute Gasteiger partial charge is 0.198 e. The number of hydrogen-bond donors (Lipinski definition) is 0. The summed E-state index contributed by atoms with van der Waals surface area (Å²) in [6.07, 6.45) is 7.43. The maximum Gasteiger partial charge on any atom is 0.198 e. The summed E-state index contributed by atoms with van der Waals surface area (Å²) in [6.45, 7) is 0. The lowest BCUT2D eigenvalue weighted by Gasteiger charge is -1.94. The number of nitrogens with zero attached hydrogens (tertiary/aromatic N) is 4. The van der Waals surface area contributed by atoms with Crippen LogP contribution in [0.25, 0.3) is 11.5 Å². The molecule has 0 aromatic carbocycles. The fourth-order valence-corrected chi connectivity index (χ4v) is 0.817. The van der Waals surface area contributed by atoms with E-state index in [9.17, 15) is 0 Å². The molecule has 0 atom stereocenters. The van der Waals surface area contributed by atoms with E-state index in [1.54, 1.807) is 30.7 Å². The molecule has 0 spiro atoms. The lowest BCUT2D eigenvalue weighted by molar-refractivity contribution is 1.09. The molecule has 0 bridgehead atoms. The largest absolute Gasteiger partial charge is 0.235 e. The van der Waals surface area contributed by atoms with Gasteiger partial charge in [-0.2, -0.15) is 0 Å². The van der Waals surface area contributed by atoms with Crippen molar-refractivity contribution in [3.05, 3.63) is 37.1 Å². The molecule has 0 aliphatic rings. The SMILES string of the molecule is [c]1nccc(-c2ncccn2)n1. The molecule has 12 heavy (non-hydrogen) atoms. The summed E-state index contributed by atoms with van der Waals surface area (Å²) in [5.74, 6) is 0.594. The predicted molar refractivity (Wildman–Crippen MR) is 41.9 cm³/mol. The number of hydrogen-bond acceptors (Lipinski definition) is 4. The number of rotatable bonds is 1. The van der Waals surface area contributed by atoms with Gasteiger partial charge in [0, 0.05) is 18.6 Å². The van der Waals surface area contributed by atoms with Gasteiger partial charge in [0.15, 0.2) is 12.2 Å². The maximum absolute atomic E-state index is 4.03. The minimum atomic E-state index is 0.594. The van der Waals surface area contributed by atoms with E-state index < -0.39 is 0 Å². The quantitative estimate of drug-likeness (QED) is 0.612. The van der Waals surface area contributed by atoms with Crippen LogP contribution in [-0.4, -0.2) is 19.9 Å². The van der Waals surface area contributed by atoms with Crippen LogP contribution in [0.3, 0.4) is 0 Å². The molecule has 2 rings (SSSR count). The van der Waals surface area contributed by atoms with Gasteiger partial charge in [0.25, 0.3) is 0 Å². The van der Waals surface area contributed by atoms with Crippen molar-refractivity contribution in [1.82, 2.24) is 19.9 Å². The Morgan fingerprint density at radius 3 is 2.58 bits per heavy atom. The van der Waals surface area contributed by atoms with Crippen LogP contribution in [0.5, 0.6) is 0 Å². The molecule has 0 N–H and O–H groups in total. The van der Waals surface area contributed by atoms with Gasteiger partial charge in [-0.1, -0.05) is 0 Å². The second-order valence-corrected chi connectivity index (χ2v) is 2.11. The zero-order chi connectivity index (χ0) is 8.23. The standard InChI is InChI=1S/C8H5N4/c1-3-10-8(11-4-1)7-2-5-9-6-12-7/h1-5H. The van der Waals surface area contributed by atoms with Gasteiger partial charge in [0.1, 0.15) is 5.69 Å². The third kappa shape index (κ3) is 1.27. The Labute approximate surface area is 69.4 Å². The van der Waals surface area contributed by atoms with E-state index in [0.29, 0.717) is 11.5 Å². The second kappa shape index (κ2) is 3.04. The fraction of sp³-hybridized carbons (Fsp3) is 0. The van der Waals surface area contributed by atoms with Gasteiger partial charge in [-0.25, -0.2) is 19.9 Å². The first-order valence-corrected chi connectivity index (χ1v) is 3.43. The molecule has 2 aromatic heterocycles. The molecule has 1 radical (unpaired) electrons. The van der Waals surface area contributed by atoms with Gasteiger partial charge in [-0.05, 0) is 12.1 Å². The van der Waals surface area contributed by atoms with Crippen LogP contribution in [-0.2, 0) is 0 Å². The molecule has 0 amide bonds. The van der Waals surface area contributed by atoms with E-state index in [-0.39, 0.29) is 0 Å². The fourth-order valence-electron chi connectivity index (χ4n) is 0.817. The van der Waals surface area contributed by atoms with Gasteiger partial charge < -0.3 is 0 Å².